The van der Waals surface area contributed by atoms with Crippen molar-refractivity contribution in [2.45, 2.75) is 0 Å². The van der Waals surface area contributed by atoms with Crippen molar-refractivity contribution in [1.82, 2.24) is 0 Å². The maximum Gasteiger partial charge on any atom is 0.118 e. The molecule has 0 saturated carbocycles. The standard InChI is InChI=1S/C30H28O2Si/c1-21(23-13-7-5-8-14-23)25-17-11-19-27(31-3)29(25)33-30-26(18-12-20-28(30)32-4)22(2)24-15-9-6-10-16-24/h5-20H,1-2,33H2,3-4H3. The first-order valence-electron chi connectivity index (χ1n) is 10.9. The van der Waals surface area contributed by atoms with Gasteiger partial charge in [0.1, 0.15) is 11.5 Å². The van der Waals surface area contributed by atoms with Crippen molar-refractivity contribution in [3.8, 4) is 11.5 Å². The minimum absolute atomic E-state index is 0.887. The fourth-order valence-electron chi connectivity index (χ4n) is 4.21. The van der Waals surface area contributed by atoms with Crippen LogP contribution in [-0.4, -0.2) is 23.7 Å². The van der Waals surface area contributed by atoms with Gasteiger partial charge < -0.3 is 9.47 Å². The average molecular weight is 449 g/mol. The minimum Gasteiger partial charge on any atom is -0.497 e. The molecule has 2 nitrogen and oxygen atoms in total. The quantitative estimate of drug-likeness (QED) is 0.355. The molecule has 0 unspecified atom stereocenters. The van der Waals surface area contributed by atoms with Gasteiger partial charge in [0, 0.05) is 0 Å². The number of rotatable bonds is 8. The molecule has 0 spiro atoms. The highest BCUT2D eigenvalue weighted by Gasteiger charge is 2.19. The van der Waals surface area contributed by atoms with E-state index in [1.165, 1.54) is 10.4 Å². The fourth-order valence-corrected chi connectivity index (χ4v) is 6.48. The molecular weight excluding hydrogens is 420 g/mol. The molecule has 0 aliphatic heterocycles. The number of benzene rings is 4. The molecule has 0 aliphatic carbocycles. The Morgan fingerprint density at radius 1 is 0.545 bits per heavy atom. The summed E-state index contributed by atoms with van der Waals surface area (Å²) in [4.78, 5) is 0. The van der Waals surface area contributed by atoms with Crippen LogP contribution < -0.4 is 19.8 Å². The van der Waals surface area contributed by atoms with Gasteiger partial charge in [0.25, 0.3) is 0 Å². The normalized spacial score (nSPS) is 10.5. The Morgan fingerprint density at radius 2 is 0.939 bits per heavy atom. The zero-order chi connectivity index (χ0) is 23.2. The van der Waals surface area contributed by atoms with Crippen LogP contribution in [0, 0.1) is 0 Å². The molecule has 4 aromatic carbocycles. The molecule has 0 aliphatic rings. The van der Waals surface area contributed by atoms with Crippen LogP contribution in [0.5, 0.6) is 11.5 Å². The highest BCUT2D eigenvalue weighted by atomic mass is 28.2. The lowest BCUT2D eigenvalue weighted by Crippen LogP contribution is -2.34. The first kappa shape index (κ1) is 22.4. The van der Waals surface area contributed by atoms with Gasteiger partial charge in [-0.3, -0.25) is 0 Å². The molecule has 0 heterocycles. The summed E-state index contributed by atoms with van der Waals surface area (Å²) in [7, 11) is 2.42. The third kappa shape index (κ3) is 4.69. The molecule has 0 saturated heterocycles. The van der Waals surface area contributed by atoms with Crippen molar-refractivity contribution >= 4 is 31.0 Å². The molecule has 33 heavy (non-hydrogen) atoms. The summed E-state index contributed by atoms with van der Waals surface area (Å²) >= 11 is 0. The van der Waals surface area contributed by atoms with E-state index in [1.807, 2.05) is 60.7 Å². The summed E-state index contributed by atoms with van der Waals surface area (Å²) in [5, 5.41) is 2.42. The highest BCUT2D eigenvalue weighted by Crippen LogP contribution is 2.26. The lowest BCUT2D eigenvalue weighted by atomic mass is 9.99. The Bertz CT molecular complexity index is 1180. The van der Waals surface area contributed by atoms with Crippen molar-refractivity contribution in [3.05, 3.63) is 132 Å². The van der Waals surface area contributed by atoms with Crippen molar-refractivity contribution < 1.29 is 9.47 Å². The van der Waals surface area contributed by atoms with Gasteiger partial charge in [-0.2, -0.15) is 0 Å². The molecule has 0 atom stereocenters. The van der Waals surface area contributed by atoms with E-state index in [1.54, 1.807) is 14.2 Å². The van der Waals surface area contributed by atoms with E-state index >= 15 is 0 Å². The first-order valence-corrected chi connectivity index (χ1v) is 12.4. The van der Waals surface area contributed by atoms with E-state index < -0.39 is 9.52 Å². The summed E-state index contributed by atoms with van der Waals surface area (Å²) < 4.78 is 11.7. The number of hydrogen-bond donors (Lipinski definition) is 0. The summed E-state index contributed by atoms with van der Waals surface area (Å²) in [5.74, 6) is 1.77. The van der Waals surface area contributed by atoms with Crippen LogP contribution >= 0.6 is 0 Å². The summed E-state index contributed by atoms with van der Waals surface area (Å²) in [6.07, 6.45) is 0. The van der Waals surface area contributed by atoms with Gasteiger partial charge in [-0.15, -0.1) is 0 Å². The fraction of sp³-hybridized carbons (Fsp3) is 0.0667. The predicted octanol–water partition coefficient (Wildman–Crippen LogP) is 4.95. The van der Waals surface area contributed by atoms with E-state index in [4.69, 9.17) is 9.47 Å². The third-order valence-corrected chi connectivity index (χ3v) is 8.12. The molecule has 3 heteroatoms. The molecule has 0 radical (unpaired) electrons. The van der Waals surface area contributed by atoms with Crippen LogP contribution in [0.4, 0.5) is 0 Å². The van der Waals surface area contributed by atoms with Crippen LogP contribution in [-0.2, 0) is 0 Å². The third-order valence-electron chi connectivity index (χ3n) is 5.95. The second-order valence-corrected chi connectivity index (χ2v) is 9.61. The van der Waals surface area contributed by atoms with Crippen LogP contribution in [0.1, 0.15) is 22.3 Å². The Hall–Kier alpha value is -3.82. The van der Waals surface area contributed by atoms with Crippen LogP contribution in [0.2, 0.25) is 0 Å². The van der Waals surface area contributed by atoms with E-state index in [0.717, 1.165) is 44.9 Å². The molecule has 4 aromatic rings. The van der Waals surface area contributed by atoms with Gasteiger partial charge in [0.2, 0.25) is 0 Å². The second-order valence-electron chi connectivity index (χ2n) is 7.84. The van der Waals surface area contributed by atoms with Crippen LogP contribution in [0.25, 0.3) is 11.1 Å². The number of ether oxygens (including phenoxy) is 2. The second kappa shape index (κ2) is 10.2. The Balaban J connectivity index is 1.84. The van der Waals surface area contributed by atoms with Gasteiger partial charge in [-0.1, -0.05) is 98.1 Å². The molecular formula is C30H28O2Si. The summed E-state index contributed by atoms with van der Waals surface area (Å²) in [6, 6.07) is 33.0. The van der Waals surface area contributed by atoms with Crippen molar-refractivity contribution in [1.29, 1.82) is 0 Å². The van der Waals surface area contributed by atoms with E-state index in [0.29, 0.717) is 0 Å². The van der Waals surface area contributed by atoms with Crippen molar-refractivity contribution in [2.24, 2.45) is 0 Å². The minimum atomic E-state index is -1.04. The topological polar surface area (TPSA) is 18.5 Å². The molecule has 164 valence electrons. The Kier molecular flexibility index (Phi) is 6.91. The molecule has 0 aromatic heterocycles. The van der Waals surface area contributed by atoms with Gasteiger partial charge in [0.15, 0.2) is 0 Å². The average Bonchev–Trinajstić information content (AvgIpc) is 2.89. The van der Waals surface area contributed by atoms with Gasteiger partial charge in [-0.25, -0.2) is 0 Å². The van der Waals surface area contributed by atoms with Crippen LogP contribution in [0.3, 0.4) is 0 Å². The van der Waals surface area contributed by atoms with Gasteiger partial charge in [0.05, 0.1) is 23.7 Å². The van der Waals surface area contributed by atoms with Gasteiger partial charge >= 0.3 is 0 Å². The predicted molar refractivity (Wildman–Crippen MR) is 143 cm³/mol. The van der Waals surface area contributed by atoms with E-state index in [9.17, 15) is 0 Å². The number of hydrogen-bond acceptors (Lipinski definition) is 2. The largest absolute Gasteiger partial charge is 0.497 e. The first-order chi connectivity index (χ1) is 16.1. The highest BCUT2D eigenvalue weighted by molar-refractivity contribution is 6.70. The Morgan fingerprint density at radius 3 is 1.30 bits per heavy atom. The molecule has 0 fully saturated rings. The summed E-state index contributed by atoms with van der Waals surface area (Å²) in [5.41, 5.74) is 6.44. The lowest BCUT2D eigenvalue weighted by Gasteiger charge is -2.20. The monoisotopic (exact) mass is 448 g/mol. The van der Waals surface area contributed by atoms with Crippen molar-refractivity contribution in [3.63, 3.8) is 0 Å². The molecule has 0 N–H and O–H groups in total. The maximum atomic E-state index is 5.83. The number of methoxy groups -OCH3 is 2. The van der Waals surface area contributed by atoms with Crippen molar-refractivity contribution in [2.75, 3.05) is 14.2 Å². The zero-order valence-electron chi connectivity index (χ0n) is 19.2. The summed E-state index contributed by atoms with van der Waals surface area (Å²) in [6.45, 7) is 8.88. The maximum absolute atomic E-state index is 5.83. The van der Waals surface area contributed by atoms with Gasteiger partial charge in [-0.05, 0) is 55.9 Å². The van der Waals surface area contributed by atoms with E-state index in [2.05, 4.69) is 49.6 Å². The zero-order valence-corrected chi connectivity index (χ0v) is 20.6. The molecule has 0 amide bonds. The lowest BCUT2D eigenvalue weighted by molar-refractivity contribution is 0.417. The van der Waals surface area contributed by atoms with Crippen LogP contribution in [0.15, 0.2) is 110 Å². The SMILES string of the molecule is C=C(c1ccccc1)c1cccc(OC)c1[SiH2]c1c(OC)cccc1C(=C)c1ccccc1. The Labute approximate surface area is 198 Å². The molecule has 0 bridgehead atoms. The smallest absolute Gasteiger partial charge is 0.118 e. The van der Waals surface area contributed by atoms with E-state index in [-0.39, 0.29) is 0 Å². The molecule has 4 rings (SSSR count).